The molecular formula is C18H26N2O2. The Hall–Kier alpha value is -1.55. The first-order valence-electron chi connectivity index (χ1n) is 8.26. The Balaban J connectivity index is 1.62. The second-order valence-corrected chi connectivity index (χ2v) is 6.81. The Morgan fingerprint density at radius 1 is 1.36 bits per heavy atom. The minimum atomic E-state index is 0.165. The topological polar surface area (TPSA) is 55.6 Å². The van der Waals surface area contributed by atoms with Gasteiger partial charge in [-0.05, 0) is 42.2 Å². The third kappa shape index (κ3) is 2.84. The highest BCUT2D eigenvalue weighted by Gasteiger charge is 2.42. The zero-order valence-electron chi connectivity index (χ0n) is 13.5. The van der Waals surface area contributed by atoms with Crippen LogP contribution in [0.1, 0.15) is 37.7 Å². The number of methoxy groups -OCH3 is 1. The lowest BCUT2D eigenvalue weighted by Crippen LogP contribution is -2.33. The summed E-state index contributed by atoms with van der Waals surface area (Å²) < 4.78 is 5.41. The molecule has 1 saturated carbocycles. The lowest BCUT2D eigenvalue weighted by Gasteiger charge is -2.22. The normalized spacial score (nSPS) is 28.5. The van der Waals surface area contributed by atoms with Gasteiger partial charge in [0.05, 0.1) is 7.11 Å². The first kappa shape index (κ1) is 15.3. The average Bonchev–Trinajstić information content (AvgIpc) is 3.09. The van der Waals surface area contributed by atoms with E-state index < -0.39 is 0 Å². The SMILES string of the molecule is COc1ccccc1C(C)CC(=O)N1CC2CCC(N)C2C1. The fourth-order valence-corrected chi connectivity index (χ4v) is 4.09. The van der Waals surface area contributed by atoms with E-state index in [4.69, 9.17) is 10.5 Å². The molecule has 2 aliphatic rings. The molecule has 0 aromatic heterocycles. The van der Waals surface area contributed by atoms with Gasteiger partial charge >= 0.3 is 0 Å². The standard InChI is InChI=1S/C18H26N2O2/c1-12(14-5-3-4-6-17(14)22-2)9-18(21)20-10-13-7-8-16(19)15(13)11-20/h3-6,12-13,15-16H,7-11,19H2,1-2H3. The summed E-state index contributed by atoms with van der Waals surface area (Å²) >= 11 is 0. The number of hydrogen-bond acceptors (Lipinski definition) is 3. The number of likely N-dealkylation sites (tertiary alicyclic amines) is 1. The monoisotopic (exact) mass is 302 g/mol. The van der Waals surface area contributed by atoms with Gasteiger partial charge in [-0.2, -0.15) is 0 Å². The van der Waals surface area contributed by atoms with Gasteiger partial charge in [0.15, 0.2) is 0 Å². The fourth-order valence-electron chi connectivity index (χ4n) is 4.09. The molecule has 22 heavy (non-hydrogen) atoms. The van der Waals surface area contributed by atoms with Crippen LogP contribution < -0.4 is 10.5 Å². The van der Waals surface area contributed by atoms with Crippen LogP contribution in [0.3, 0.4) is 0 Å². The predicted molar refractivity (Wildman–Crippen MR) is 86.8 cm³/mol. The van der Waals surface area contributed by atoms with Crippen LogP contribution in [0.2, 0.25) is 0 Å². The first-order chi connectivity index (χ1) is 10.6. The van der Waals surface area contributed by atoms with Crippen LogP contribution >= 0.6 is 0 Å². The van der Waals surface area contributed by atoms with Crippen LogP contribution in [0.15, 0.2) is 24.3 Å². The smallest absolute Gasteiger partial charge is 0.223 e. The Kier molecular flexibility index (Phi) is 4.39. The van der Waals surface area contributed by atoms with E-state index in [2.05, 4.69) is 6.92 Å². The minimum absolute atomic E-state index is 0.165. The Labute approximate surface area is 132 Å². The summed E-state index contributed by atoms with van der Waals surface area (Å²) in [5.41, 5.74) is 7.26. The van der Waals surface area contributed by atoms with Crippen molar-refractivity contribution in [1.82, 2.24) is 4.90 Å². The largest absolute Gasteiger partial charge is 0.496 e. The molecule has 1 amide bonds. The maximum Gasteiger partial charge on any atom is 0.223 e. The van der Waals surface area contributed by atoms with Crippen molar-refractivity contribution in [1.29, 1.82) is 0 Å². The van der Waals surface area contributed by atoms with Crippen molar-refractivity contribution in [3.63, 3.8) is 0 Å². The van der Waals surface area contributed by atoms with Crippen LogP contribution in [-0.2, 0) is 4.79 Å². The molecule has 1 saturated heterocycles. The highest BCUT2D eigenvalue weighted by Crippen LogP contribution is 2.38. The molecule has 0 spiro atoms. The highest BCUT2D eigenvalue weighted by atomic mass is 16.5. The zero-order chi connectivity index (χ0) is 15.7. The zero-order valence-corrected chi connectivity index (χ0v) is 13.5. The van der Waals surface area contributed by atoms with Gasteiger partial charge in [0, 0.05) is 25.6 Å². The number of nitrogens with zero attached hydrogens (tertiary/aromatic N) is 1. The molecule has 3 rings (SSSR count). The molecular weight excluding hydrogens is 276 g/mol. The number of fused-ring (bicyclic) bond motifs is 1. The molecule has 0 bridgehead atoms. The van der Waals surface area contributed by atoms with E-state index in [9.17, 15) is 4.79 Å². The van der Waals surface area contributed by atoms with Crippen molar-refractivity contribution >= 4 is 5.91 Å². The summed E-state index contributed by atoms with van der Waals surface area (Å²) in [6.45, 7) is 3.84. The summed E-state index contributed by atoms with van der Waals surface area (Å²) in [6, 6.07) is 8.24. The number of carbonyl (C=O) groups excluding carboxylic acids is 1. The van der Waals surface area contributed by atoms with Crippen LogP contribution in [0.5, 0.6) is 5.75 Å². The van der Waals surface area contributed by atoms with Crippen LogP contribution in [0.4, 0.5) is 0 Å². The second kappa shape index (κ2) is 6.29. The van der Waals surface area contributed by atoms with E-state index in [0.717, 1.165) is 30.8 Å². The summed E-state index contributed by atoms with van der Waals surface area (Å²) in [4.78, 5) is 14.6. The predicted octanol–water partition coefficient (Wildman–Crippen LogP) is 2.38. The number of para-hydroxylation sites is 1. The van der Waals surface area contributed by atoms with Gasteiger partial charge in [0.1, 0.15) is 5.75 Å². The van der Waals surface area contributed by atoms with E-state index in [1.807, 2.05) is 29.2 Å². The first-order valence-corrected chi connectivity index (χ1v) is 8.26. The van der Waals surface area contributed by atoms with Crippen LogP contribution in [0, 0.1) is 11.8 Å². The van der Waals surface area contributed by atoms with E-state index in [1.165, 1.54) is 6.42 Å². The molecule has 2 fully saturated rings. The van der Waals surface area contributed by atoms with Gasteiger partial charge in [-0.3, -0.25) is 4.79 Å². The number of carbonyl (C=O) groups is 1. The third-order valence-corrected chi connectivity index (χ3v) is 5.42. The number of amides is 1. The molecule has 4 heteroatoms. The Morgan fingerprint density at radius 2 is 2.14 bits per heavy atom. The summed E-state index contributed by atoms with van der Waals surface area (Å²) in [7, 11) is 1.68. The molecule has 4 atom stereocenters. The molecule has 4 nitrogen and oxygen atoms in total. The molecule has 1 aromatic rings. The fraction of sp³-hybridized carbons (Fsp3) is 0.611. The molecule has 0 radical (unpaired) electrons. The highest BCUT2D eigenvalue weighted by molar-refractivity contribution is 5.77. The summed E-state index contributed by atoms with van der Waals surface area (Å²) in [5.74, 6) is 2.42. The number of rotatable bonds is 4. The van der Waals surface area contributed by atoms with Gasteiger partial charge < -0.3 is 15.4 Å². The molecule has 4 unspecified atom stereocenters. The van der Waals surface area contributed by atoms with E-state index in [1.54, 1.807) is 7.11 Å². The molecule has 120 valence electrons. The van der Waals surface area contributed by atoms with Gasteiger partial charge in [0.25, 0.3) is 0 Å². The Bertz CT molecular complexity index is 546. The summed E-state index contributed by atoms with van der Waals surface area (Å²) in [6.07, 6.45) is 2.84. The van der Waals surface area contributed by atoms with Gasteiger partial charge in [-0.1, -0.05) is 25.1 Å². The number of nitrogens with two attached hydrogens (primary N) is 1. The van der Waals surface area contributed by atoms with Crippen molar-refractivity contribution in [2.75, 3.05) is 20.2 Å². The van der Waals surface area contributed by atoms with Crippen molar-refractivity contribution in [2.24, 2.45) is 17.6 Å². The third-order valence-electron chi connectivity index (χ3n) is 5.42. The van der Waals surface area contributed by atoms with Crippen molar-refractivity contribution in [3.8, 4) is 5.75 Å². The van der Waals surface area contributed by atoms with E-state index >= 15 is 0 Å². The van der Waals surface area contributed by atoms with E-state index in [-0.39, 0.29) is 17.9 Å². The molecule has 1 aliphatic heterocycles. The number of hydrogen-bond donors (Lipinski definition) is 1. The van der Waals surface area contributed by atoms with Gasteiger partial charge in [-0.25, -0.2) is 0 Å². The quantitative estimate of drug-likeness (QED) is 0.929. The maximum atomic E-state index is 12.6. The van der Waals surface area contributed by atoms with Gasteiger partial charge in [-0.15, -0.1) is 0 Å². The second-order valence-electron chi connectivity index (χ2n) is 6.81. The number of benzene rings is 1. The van der Waals surface area contributed by atoms with Crippen molar-refractivity contribution in [3.05, 3.63) is 29.8 Å². The molecule has 2 N–H and O–H groups in total. The van der Waals surface area contributed by atoms with Crippen LogP contribution in [0.25, 0.3) is 0 Å². The van der Waals surface area contributed by atoms with Crippen molar-refractivity contribution in [2.45, 2.75) is 38.1 Å². The van der Waals surface area contributed by atoms with Crippen LogP contribution in [-0.4, -0.2) is 37.0 Å². The summed E-state index contributed by atoms with van der Waals surface area (Å²) in [5, 5.41) is 0. The van der Waals surface area contributed by atoms with E-state index in [0.29, 0.717) is 18.3 Å². The lowest BCUT2D eigenvalue weighted by molar-refractivity contribution is -0.130. The average molecular weight is 302 g/mol. The molecule has 1 aromatic carbocycles. The lowest BCUT2D eigenvalue weighted by atomic mass is 9.96. The molecule has 1 aliphatic carbocycles. The van der Waals surface area contributed by atoms with Gasteiger partial charge in [0.2, 0.25) is 5.91 Å². The number of ether oxygens (including phenoxy) is 1. The van der Waals surface area contributed by atoms with Crippen molar-refractivity contribution < 1.29 is 9.53 Å². The Morgan fingerprint density at radius 3 is 2.86 bits per heavy atom. The maximum absolute atomic E-state index is 12.6. The molecule has 1 heterocycles. The minimum Gasteiger partial charge on any atom is -0.496 e.